The number of hydrogen-bond acceptors (Lipinski definition) is 3. The molecular weight excluding hydrogens is 199 g/mol. The van der Waals surface area contributed by atoms with Crippen molar-refractivity contribution in [2.24, 2.45) is 0 Å². The highest BCUT2D eigenvalue weighted by Gasteiger charge is 2.41. The third kappa shape index (κ3) is 1.99. The Bertz CT molecular complexity index is 207. The molecule has 0 rings (SSSR count). The first-order valence-corrected chi connectivity index (χ1v) is 5.10. The second-order valence-electron chi connectivity index (χ2n) is 2.01. The number of rotatable bonds is 2. The van der Waals surface area contributed by atoms with Crippen molar-refractivity contribution in [3.05, 3.63) is 0 Å². The number of aliphatic hydroxyl groups is 1. The SMILES string of the molecule is C[C@@H](O)C(Cl)(Cl)S(C)(=O)=O. The Labute approximate surface area is 69.9 Å². The van der Waals surface area contributed by atoms with E-state index in [4.69, 9.17) is 28.3 Å². The lowest BCUT2D eigenvalue weighted by Gasteiger charge is -2.19. The lowest BCUT2D eigenvalue weighted by molar-refractivity contribution is 0.198. The largest absolute Gasteiger partial charge is 0.389 e. The molecule has 0 bridgehead atoms. The standard InChI is InChI=1S/C4H8Cl2O3S/c1-3(7)4(5,6)10(2,8)9/h3,7H,1-2H3/t3-/m1/s1. The molecular formula is C4H8Cl2O3S. The van der Waals surface area contributed by atoms with Gasteiger partial charge < -0.3 is 5.11 Å². The van der Waals surface area contributed by atoms with E-state index in [0.717, 1.165) is 6.26 Å². The molecule has 3 nitrogen and oxygen atoms in total. The van der Waals surface area contributed by atoms with Gasteiger partial charge in [-0.1, -0.05) is 23.2 Å². The van der Waals surface area contributed by atoms with Crippen LogP contribution in [0.2, 0.25) is 0 Å². The van der Waals surface area contributed by atoms with Gasteiger partial charge in [0.2, 0.25) is 3.67 Å². The van der Waals surface area contributed by atoms with Crippen LogP contribution >= 0.6 is 23.2 Å². The van der Waals surface area contributed by atoms with E-state index in [0.29, 0.717) is 0 Å². The highest BCUT2D eigenvalue weighted by atomic mass is 35.5. The van der Waals surface area contributed by atoms with Gasteiger partial charge in [-0.3, -0.25) is 0 Å². The highest BCUT2D eigenvalue weighted by molar-refractivity contribution is 7.95. The lowest BCUT2D eigenvalue weighted by Crippen LogP contribution is -2.36. The summed E-state index contributed by atoms with van der Waals surface area (Å²) >= 11 is 10.5. The van der Waals surface area contributed by atoms with Crippen LogP contribution in [0, 0.1) is 0 Å². The van der Waals surface area contributed by atoms with Crippen LogP contribution in [0.1, 0.15) is 6.92 Å². The quantitative estimate of drug-likeness (QED) is 0.672. The van der Waals surface area contributed by atoms with Crippen molar-refractivity contribution in [2.45, 2.75) is 16.7 Å². The van der Waals surface area contributed by atoms with Gasteiger partial charge in [0.05, 0.1) is 6.10 Å². The molecule has 0 unspecified atom stereocenters. The molecule has 0 aliphatic carbocycles. The summed E-state index contributed by atoms with van der Waals surface area (Å²) < 4.78 is 19.3. The zero-order valence-electron chi connectivity index (χ0n) is 5.51. The summed E-state index contributed by atoms with van der Waals surface area (Å²) in [5, 5.41) is 8.77. The minimum absolute atomic E-state index is 0.861. The summed E-state index contributed by atoms with van der Waals surface area (Å²) in [5.41, 5.74) is 0. The van der Waals surface area contributed by atoms with Crippen molar-refractivity contribution in [1.29, 1.82) is 0 Å². The fourth-order valence-electron chi connectivity index (χ4n) is 0.310. The molecule has 6 heteroatoms. The summed E-state index contributed by atoms with van der Waals surface area (Å²) in [4.78, 5) is 0. The van der Waals surface area contributed by atoms with Crippen LogP contribution in [0.4, 0.5) is 0 Å². The van der Waals surface area contributed by atoms with Gasteiger partial charge in [-0.2, -0.15) is 0 Å². The maximum Gasteiger partial charge on any atom is 0.242 e. The van der Waals surface area contributed by atoms with Crippen LogP contribution in [0.15, 0.2) is 0 Å². The Balaban J connectivity index is 4.76. The van der Waals surface area contributed by atoms with E-state index in [1.165, 1.54) is 6.92 Å². The van der Waals surface area contributed by atoms with E-state index < -0.39 is 19.6 Å². The van der Waals surface area contributed by atoms with E-state index in [-0.39, 0.29) is 0 Å². The smallest absolute Gasteiger partial charge is 0.242 e. The van der Waals surface area contributed by atoms with Gasteiger partial charge in [-0.25, -0.2) is 8.42 Å². The zero-order chi connectivity index (χ0) is 8.58. The van der Waals surface area contributed by atoms with E-state index >= 15 is 0 Å². The molecule has 0 aliphatic rings. The van der Waals surface area contributed by atoms with E-state index in [1.54, 1.807) is 0 Å². The maximum atomic E-state index is 10.7. The zero-order valence-corrected chi connectivity index (χ0v) is 7.83. The second-order valence-corrected chi connectivity index (χ2v) is 6.03. The van der Waals surface area contributed by atoms with E-state index in [1.807, 2.05) is 0 Å². The summed E-state index contributed by atoms with van der Waals surface area (Å²) in [7, 11) is -3.62. The maximum absolute atomic E-state index is 10.7. The van der Waals surface area contributed by atoms with Crippen LogP contribution in [0.5, 0.6) is 0 Å². The van der Waals surface area contributed by atoms with Crippen molar-refractivity contribution >= 4 is 33.0 Å². The average Bonchev–Trinajstić information content (AvgIpc) is 1.62. The molecule has 0 saturated carbocycles. The first-order valence-electron chi connectivity index (χ1n) is 2.45. The van der Waals surface area contributed by atoms with Gasteiger partial charge in [-0.15, -0.1) is 0 Å². The molecule has 62 valence electrons. The molecule has 1 atom stereocenters. The monoisotopic (exact) mass is 206 g/mol. The fourth-order valence-corrected chi connectivity index (χ4v) is 0.929. The third-order valence-corrected chi connectivity index (χ3v) is 4.62. The van der Waals surface area contributed by atoms with Crippen LogP contribution in [-0.2, 0) is 9.84 Å². The Morgan fingerprint density at radius 3 is 1.80 bits per heavy atom. The first kappa shape index (κ1) is 10.5. The number of hydrogen-bond donors (Lipinski definition) is 1. The van der Waals surface area contributed by atoms with Crippen LogP contribution in [-0.4, -0.2) is 29.5 Å². The van der Waals surface area contributed by atoms with E-state index in [9.17, 15) is 8.42 Å². The van der Waals surface area contributed by atoms with Gasteiger partial charge >= 0.3 is 0 Å². The first-order chi connectivity index (χ1) is 4.19. The summed E-state index contributed by atoms with van der Waals surface area (Å²) in [6.07, 6.45) is -0.439. The van der Waals surface area contributed by atoms with Crippen LogP contribution < -0.4 is 0 Å². The number of aliphatic hydroxyl groups excluding tert-OH is 1. The van der Waals surface area contributed by atoms with Crippen LogP contribution in [0.3, 0.4) is 0 Å². The predicted molar refractivity (Wildman–Crippen MR) is 41.0 cm³/mol. The molecule has 0 spiro atoms. The molecule has 0 aromatic rings. The lowest BCUT2D eigenvalue weighted by atomic mass is 10.5. The van der Waals surface area contributed by atoms with Crippen molar-refractivity contribution in [3.63, 3.8) is 0 Å². The van der Waals surface area contributed by atoms with E-state index in [2.05, 4.69) is 0 Å². The Morgan fingerprint density at radius 2 is 1.80 bits per heavy atom. The number of halogens is 2. The molecule has 0 aromatic heterocycles. The Kier molecular flexibility index (Phi) is 2.99. The van der Waals surface area contributed by atoms with Crippen molar-refractivity contribution < 1.29 is 13.5 Å². The minimum atomic E-state index is -3.62. The van der Waals surface area contributed by atoms with Gasteiger partial charge in [0, 0.05) is 6.26 Å². The van der Waals surface area contributed by atoms with Crippen molar-refractivity contribution in [2.75, 3.05) is 6.26 Å². The molecule has 0 heterocycles. The molecule has 1 N–H and O–H groups in total. The summed E-state index contributed by atoms with van der Waals surface area (Å²) in [6, 6.07) is 0. The molecule has 0 radical (unpaired) electrons. The number of alkyl halides is 2. The molecule has 0 aliphatic heterocycles. The topological polar surface area (TPSA) is 54.4 Å². The molecule has 0 saturated heterocycles. The van der Waals surface area contributed by atoms with Gasteiger partial charge in [0.1, 0.15) is 0 Å². The Morgan fingerprint density at radius 1 is 1.50 bits per heavy atom. The highest BCUT2D eigenvalue weighted by Crippen LogP contribution is 2.30. The molecule has 0 aromatic carbocycles. The fraction of sp³-hybridized carbons (Fsp3) is 1.00. The van der Waals surface area contributed by atoms with Gasteiger partial charge in [-0.05, 0) is 6.92 Å². The third-order valence-electron chi connectivity index (χ3n) is 0.981. The normalized spacial score (nSPS) is 16.9. The van der Waals surface area contributed by atoms with Crippen LogP contribution in [0.25, 0.3) is 0 Å². The average molecular weight is 207 g/mol. The predicted octanol–water partition coefficient (Wildman–Crippen LogP) is 0.543. The summed E-state index contributed by atoms with van der Waals surface area (Å²) in [5.74, 6) is 0. The molecule has 0 amide bonds. The molecule has 0 fully saturated rings. The summed E-state index contributed by atoms with van der Waals surface area (Å²) in [6.45, 7) is 1.21. The molecule has 10 heavy (non-hydrogen) atoms. The Hall–Kier alpha value is 0.490. The number of sulfone groups is 1. The minimum Gasteiger partial charge on any atom is -0.389 e. The second kappa shape index (κ2) is 2.85. The van der Waals surface area contributed by atoms with Gasteiger partial charge in [0.15, 0.2) is 9.84 Å². The van der Waals surface area contributed by atoms with Gasteiger partial charge in [0.25, 0.3) is 0 Å². The van der Waals surface area contributed by atoms with Crippen molar-refractivity contribution in [1.82, 2.24) is 0 Å². The van der Waals surface area contributed by atoms with Crippen molar-refractivity contribution in [3.8, 4) is 0 Å².